The first-order valence-corrected chi connectivity index (χ1v) is 6.31. The van der Waals surface area contributed by atoms with Crippen LogP contribution in [0.15, 0.2) is 6.07 Å². The normalized spacial score (nSPS) is 10.8. The van der Waals surface area contributed by atoms with Crippen LogP contribution < -0.4 is 0 Å². The number of nitriles is 1. The summed E-state index contributed by atoms with van der Waals surface area (Å²) in [6.07, 6.45) is 1.49. The minimum absolute atomic E-state index is 0.544. The Bertz CT molecular complexity index is 394. The molecule has 0 atom stereocenters. The van der Waals surface area contributed by atoms with Gasteiger partial charge in [0.1, 0.15) is 0 Å². The SMILES string of the molecule is CCc1cc(CN(CCC#N)CCOC)n(C)n1. The number of aromatic nitrogens is 2. The molecule has 0 aromatic carbocycles. The summed E-state index contributed by atoms with van der Waals surface area (Å²) in [6.45, 7) is 5.21. The lowest BCUT2D eigenvalue weighted by Crippen LogP contribution is -2.28. The van der Waals surface area contributed by atoms with Crippen molar-refractivity contribution in [2.24, 2.45) is 7.05 Å². The highest BCUT2D eigenvalue weighted by Crippen LogP contribution is 2.08. The van der Waals surface area contributed by atoms with Crippen LogP contribution in [0.1, 0.15) is 24.7 Å². The van der Waals surface area contributed by atoms with E-state index < -0.39 is 0 Å². The molecule has 1 heterocycles. The molecule has 0 aliphatic carbocycles. The predicted octanol–water partition coefficient (Wildman–Crippen LogP) is 1.34. The molecule has 1 aromatic rings. The zero-order valence-corrected chi connectivity index (χ0v) is 11.5. The topological polar surface area (TPSA) is 54.1 Å². The van der Waals surface area contributed by atoms with Gasteiger partial charge in [-0.2, -0.15) is 10.4 Å². The second kappa shape index (κ2) is 7.85. The van der Waals surface area contributed by atoms with Crippen molar-refractivity contribution >= 4 is 0 Å². The van der Waals surface area contributed by atoms with Crippen molar-refractivity contribution in [1.29, 1.82) is 5.26 Å². The lowest BCUT2D eigenvalue weighted by molar-refractivity contribution is 0.144. The molecule has 0 aliphatic heterocycles. The zero-order chi connectivity index (χ0) is 13.4. The Morgan fingerprint density at radius 1 is 1.50 bits per heavy atom. The molecule has 0 saturated carbocycles. The third-order valence-electron chi connectivity index (χ3n) is 2.93. The van der Waals surface area contributed by atoms with Gasteiger partial charge >= 0.3 is 0 Å². The summed E-state index contributed by atoms with van der Waals surface area (Å²) in [5, 5.41) is 13.1. The second-order valence-corrected chi connectivity index (χ2v) is 4.28. The molecule has 18 heavy (non-hydrogen) atoms. The monoisotopic (exact) mass is 250 g/mol. The van der Waals surface area contributed by atoms with Gasteiger partial charge in [-0.05, 0) is 12.5 Å². The van der Waals surface area contributed by atoms with Crippen molar-refractivity contribution in [3.8, 4) is 6.07 Å². The van der Waals surface area contributed by atoms with Crippen LogP contribution in [0.3, 0.4) is 0 Å². The van der Waals surface area contributed by atoms with Gasteiger partial charge in [-0.3, -0.25) is 9.58 Å². The third-order valence-corrected chi connectivity index (χ3v) is 2.93. The molecule has 0 fully saturated rings. The van der Waals surface area contributed by atoms with Crippen LogP contribution in [0.4, 0.5) is 0 Å². The third kappa shape index (κ3) is 4.47. The van der Waals surface area contributed by atoms with Crippen molar-refractivity contribution in [3.63, 3.8) is 0 Å². The first-order valence-electron chi connectivity index (χ1n) is 6.31. The average molecular weight is 250 g/mol. The fraction of sp³-hybridized carbons (Fsp3) is 0.692. The van der Waals surface area contributed by atoms with E-state index in [0.717, 1.165) is 31.7 Å². The molecule has 100 valence electrons. The molecule has 0 bridgehead atoms. The maximum absolute atomic E-state index is 8.68. The minimum atomic E-state index is 0.544. The molecule has 5 nitrogen and oxygen atoms in total. The first kappa shape index (κ1) is 14.7. The van der Waals surface area contributed by atoms with E-state index in [4.69, 9.17) is 10.00 Å². The van der Waals surface area contributed by atoms with E-state index in [-0.39, 0.29) is 0 Å². The van der Waals surface area contributed by atoms with Gasteiger partial charge in [-0.1, -0.05) is 6.92 Å². The molecular formula is C13H22N4O. The van der Waals surface area contributed by atoms with Gasteiger partial charge in [0.15, 0.2) is 0 Å². The Labute approximate surface area is 109 Å². The fourth-order valence-corrected chi connectivity index (χ4v) is 1.82. The van der Waals surface area contributed by atoms with Crippen molar-refractivity contribution in [2.45, 2.75) is 26.3 Å². The van der Waals surface area contributed by atoms with Gasteiger partial charge in [-0.15, -0.1) is 0 Å². The van der Waals surface area contributed by atoms with Crippen LogP contribution in [-0.4, -0.2) is 41.5 Å². The molecular weight excluding hydrogens is 228 g/mol. The number of hydrogen-bond acceptors (Lipinski definition) is 4. The van der Waals surface area contributed by atoms with Crippen LogP contribution >= 0.6 is 0 Å². The molecule has 0 radical (unpaired) electrons. The predicted molar refractivity (Wildman–Crippen MR) is 70.0 cm³/mol. The molecule has 0 amide bonds. The average Bonchev–Trinajstić information content (AvgIpc) is 2.73. The molecule has 0 unspecified atom stereocenters. The van der Waals surface area contributed by atoms with Gasteiger partial charge in [0.2, 0.25) is 0 Å². The Morgan fingerprint density at radius 2 is 2.28 bits per heavy atom. The summed E-state index contributed by atoms with van der Waals surface area (Å²) in [5.74, 6) is 0. The van der Waals surface area contributed by atoms with E-state index >= 15 is 0 Å². The van der Waals surface area contributed by atoms with E-state index in [1.807, 2.05) is 11.7 Å². The van der Waals surface area contributed by atoms with Crippen LogP contribution in [-0.2, 0) is 24.8 Å². The number of nitrogens with zero attached hydrogens (tertiary/aromatic N) is 4. The lowest BCUT2D eigenvalue weighted by atomic mass is 10.3. The largest absolute Gasteiger partial charge is 0.383 e. The van der Waals surface area contributed by atoms with E-state index in [0.29, 0.717) is 13.0 Å². The Morgan fingerprint density at radius 3 is 2.83 bits per heavy atom. The highest BCUT2D eigenvalue weighted by molar-refractivity contribution is 5.10. The summed E-state index contributed by atoms with van der Waals surface area (Å²) < 4.78 is 7.02. The van der Waals surface area contributed by atoms with E-state index in [2.05, 4.69) is 29.1 Å². The van der Waals surface area contributed by atoms with E-state index in [9.17, 15) is 0 Å². The first-order chi connectivity index (χ1) is 8.71. The number of rotatable bonds is 8. The second-order valence-electron chi connectivity index (χ2n) is 4.28. The van der Waals surface area contributed by atoms with Gasteiger partial charge < -0.3 is 4.74 Å². The molecule has 0 spiro atoms. The molecule has 0 N–H and O–H groups in total. The summed E-state index contributed by atoms with van der Waals surface area (Å²) in [7, 11) is 3.66. The summed E-state index contributed by atoms with van der Waals surface area (Å²) >= 11 is 0. The molecule has 1 aromatic heterocycles. The van der Waals surface area contributed by atoms with Gasteiger partial charge in [0, 0.05) is 40.2 Å². The van der Waals surface area contributed by atoms with Crippen LogP contribution in [0.25, 0.3) is 0 Å². The summed E-state index contributed by atoms with van der Waals surface area (Å²) in [6, 6.07) is 4.32. The van der Waals surface area contributed by atoms with Gasteiger partial charge in [0.05, 0.1) is 24.1 Å². The van der Waals surface area contributed by atoms with Crippen molar-refractivity contribution in [2.75, 3.05) is 26.8 Å². The Hall–Kier alpha value is -1.38. The standard InChI is InChI=1S/C13H22N4O/c1-4-12-10-13(16(2)15-12)11-17(7-5-6-14)8-9-18-3/h10H,4-5,7-9,11H2,1-3H3. The summed E-state index contributed by atoms with van der Waals surface area (Å²) in [5.41, 5.74) is 2.29. The van der Waals surface area contributed by atoms with Crippen molar-refractivity contribution < 1.29 is 4.74 Å². The van der Waals surface area contributed by atoms with Crippen molar-refractivity contribution in [1.82, 2.24) is 14.7 Å². The smallest absolute Gasteiger partial charge is 0.0635 e. The van der Waals surface area contributed by atoms with E-state index in [1.54, 1.807) is 7.11 Å². The highest BCUT2D eigenvalue weighted by atomic mass is 16.5. The number of hydrogen-bond donors (Lipinski definition) is 0. The van der Waals surface area contributed by atoms with Crippen molar-refractivity contribution in [3.05, 3.63) is 17.5 Å². The molecule has 5 heteroatoms. The maximum Gasteiger partial charge on any atom is 0.0635 e. The van der Waals surface area contributed by atoms with E-state index in [1.165, 1.54) is 5.69 Å². The summed E-state index contributed by atoms with van der Waals surface area (Å²) in [4.78, 5) is 2.23. The quantitative estimate of drug-likeness (QED) is 0.699. The van der Waals surface area contributed by atoms with Crippen LogP contribution in [0.5, 0.6) is 0 Å². The Balaban J connectivity index is 2.62. The molecule has 0 aliphatic rings. The van der Waals surface area contributed by atoms with Crippen LogP contribution in [0, 0.1) is 11.3 Å². The van der Waals surface area contributed by atoms with Crippen LogP contribution in [0.2, 0.25) is 0 Å². The lowest BCUT2D eigenvalue weighted by Gasteiger charge is -2.20. The maximum atomic E-state index is 8.68. The van der Waals surface area contributed by atoms with Gasteiger partial charge in [0.25, 0.3) is 0 Å². The Kier molecular flexibility index (Phi) is 6.40. The minimum Gasteiger partial charge on any atom is -0.383 e. The zero-order valence-electron chi connectivity index (χ0n) is 11.5. The highest BCUT2D eigenvalue weighted by Gasteiger charge is 2.10. The number of aryl methyl sites for hydroxylation is 2. The molecule has 0 saturated heterocycles. The molecule has 1 rings (SSSR count). The number of methoxy groups -OCH3 is 1. The fourth-order valence-electron chi connectivity index (χ4n) is 1.82. The van der Waals surface area contributed by atoms with Gasteiger partial charge in [-0.25, -0.2) is 0 Å². The number of ether oxygens (including phenoxy) is 1.